The number of nitrogens with zero attached hydrogens (tertiary/aromatic N) is 3. The Hall–Kier alpha value is -6.33. The van der Waals surface area contributed by atoms with Crippen molar-refractivity contribution >= 4 is 53.4 Å². The molecule has 0 bridgehead atoms. The molecule has 55 heavy (non-hydrogen) atoms. The fourth-order valence-corrected chi connectivity index (χ4v) is 5.38. The van der Waals surface area contributed by atoms with Gasteiger partial charge in [-0.05, 0) is 60.9 Å². The number of carbonyl (C=O) groups excluding carboxylic acids is 6. The lowest BCUT2D eigenvalue weighted by molar-refractivity contribution is -0.148. The van der Waals surface area contributed by atoms with Crippen molar-refractivity contribution in [2.75, 3.05) is 13.1 Å². The fraction of sp³-hybridized carbons (Fsp3) is 0.405. The number of nitrogens with one attached hydrogen (secondary N) is 3. The Morgan fingerprint density at radius 1 is 0.745 bits per heavy atom. The molecule has 6 amide bonds. The topological polar surface area (TPSA) is 297 Å². The van der Waals surface area contributed by atoms with E-state index in [9.17, 15) is 33.2 Å². The number of guanidine groups is 2. The van der Waals surface area contributed by atoms with E-state index in [1.165, 1.54) is 18.2 Å². The van der Waals surface area contributed by atoms with Crippen LogP contribution >= 0.6 is 0 Å². The van der Waals surface area contributed by atoms with Crippen LogP contribution in [0.3, 0.4) is 0 Å². The van der Waals surface area contributed by atoms with Crippen molar-refractivity contribution in [1.29, 1.82) is 0 Å². The smallest absolute Gasteiger partial charge is 0.253 e. The van der Waals surface area contributed by atoms with Gasteiger partial charge >= 0.3 is 0 Å². The number of rotatable bonds is 21. The first-order valence-corrected chi connectivity index (χ1v) is 17.6. The summed E-state index contributed by atoms with van der Waals surface area (Å²) < 4.78 is 13.8. The van der Waals surface area contributed by atoms with Crippen molar-refractivity contribution in [3.63, 3.8) is 0 Å². The molecule has 4 atom stereocenters. The van der Waals surface area contributed by atoms with Crippen LogP contribution in [0.4, 0.5) is 4.39 Å². The lowest BCUT2D eigenvalue weighted by atomic mass is 10.0. The Bertz CT molecular complexity index is 1710. The summed E-state index contributed by atoms with van der Waals surface area (Å²) in [5.74, 6) is -5.95. The molecule has 298 valence electrons. The van der Waals surface area contributed by atoms with Crippen molar-refractivity contribution in [1.82, 2.24) is 20.9 Å². The SMILES string of the molecule is CC(=O)N(C(=O)/C=C/c1ccccc1)C(Cc1ccc(F)cc1)C(=O)N[C@H](CCN=C(N)N)C(=O)NC(CC(C)C)C(=O)NC(CCCN=C(N)N)C(N)=O. The first kappa shape index (κ1) is 44.8. The Morgan fingerprint density at radius 3 is 1.87 bits per heavy atom. The van der Waals surface area contributed by atoms with Crippen molar-refractivity contribution in [3.8, 4) is 0 Å². The van der Waals surface area contributed by atoms with E-state index in [2.05, 4.69) is 25.9 Å². The molecule has 18 heteroatoms. The summed E-state index contributed by atoms with van der Waals surface area (Å²) in [6.45, 7) is 4.77. The van der Waals surface area contributed by atoms with E-state index in [-0.39, 0.29) is 56.6 Å². The Morgan fingerprint density at radius 2 is 1.31 bits per heavy atom. The maximum atomic E-state index is 14.2. The van der Waals surface area contributed by atoms with Crippen molar-refractivity contribution in [2.45, 2.75) is 77.0 Å². The summed E-state index contributed by atoms with van der Waals surface area (Å²) in [6, 6.07) is 8.69. The second kappa shape index (κ2) is 22.7. The first-order valence-electron chi connectivity index (χ1n) is 17.6. The van der Waals surface area contributed by atoms with Crippen LogP contribution in [0.25, 0.3) is 6.08 Å². The van der Waals surface area contributed by atoms with Crippen molar-refractivity contribution in [2.24, 2.45) is 44.6 Å². The number of primary amides is 1. The Labute approximate surface area is 319 Å². The molecular formula is C37H52FN11O6. The first-order chi connectivity index (χ1) is 26.0. The third-order valence-corrected chi connectivity index (χ3v) is 8.04. The maximum absolute atomic E-state index is 14.2. The van der Waals surface area contributed by atoms with Crippen LogP contribution < -0.4 is 44.6 Å². The number of hydrogen-bond donors (Lipinski definition) is 8. The summed E-state index contributed by atoms with van der Waals surface area (Å²) in [7, 11) is 0. The molecule has 0 radical (unpaired) electrons. The van der Waals surface area contributed by atoms with Gasteiger partial charge in [0.2, 0.25) is 29.5 Å². The molecule has 0 saturated carbocycles. The standard InChI is InChI=1S/C37H52FN11O6/c1-22(2)20-29(34(54)46-27(32(39)52)10-7-18-44-36(40)41)48-33(53)28(17-19-45-37(42)43)47-35(55)30(21-25-11-14-26(38)15-12-25)49(23(3)50)31(51)16-13-24-8-5-4-6-9-24/h4-6,8-9,11-16,22,27-30H,7,10,17-21H2,1-3H3,(H2,39,52)(H,46,54)(H,47,55)(H,48,53)(H4,40,41,44)(H4,42,43,45)/b16-13+/t27?,28-,29?,30?/m1/s1. The number of halogens is 1. The molecule has 0 fully saturated rings. The normalized spacial score (nSPS) is 13.1. The second-order valence-corrected chi connectivity index (χ2v) is 13.1. The van der Waals surface area contributed by atoms with Gasteiger partial charge in [0, 0.05) is 32.5 Å². The van der Waals surface area contributed by atoms with Gasteiger partial charge in [-0.2, -0.15) is 0 Å². The van der Waals surface area contributed by atoms with Crippen LogP contribution in [0.15, 0.2) is 70.7 Å². The van der Waals surface area contributed by atoms with Crippen molar-refractivity contribution in [3.05, 3.63) is 77.6 Å². The zero-order chi connectivity index (χ0) is 41.1. The lowest BCUT2D eigenvalue weighted by Gasteiger charge is -2.30. The van der Waals surface area contributed by atoms with Gasteiger partial charge in [-0.15, -0.1) is 0 Å². The summed E-state index contributed by atoms with van der Waals surface area (Å²) in [5, 5.41) is 7.81. The largest absolute Gasteiger partial charge is 0.370 e. The van der Waals surface area contributed by atoms with Gasteiger partial charge < -0.3 is 44.6 Å². The summed E-state index contributed by atoms with van der Waals surface area (Å²) in [5.41, 5.74) is 28.3. The average Bonchev–Trinajstić information content (AvgIpc) is 3.11. The van der Waals surface area contributed by atoms with E-state index in [0.29, 0.717) is 17.5 Å². The van der Waals surface area contributed by atoms with E-state index in [1.54, 1.807) is 30.3 Å². The monoisotopic (exact) mass is 765 g/mol. The number of imide groups is 1. The number of nitrogens with two attached hydrogens (primary N) is 5. The van der Waals surface area contributed by atoms with Gasteiger partial charge in [0.15, 0.2) is 11.9 Å². The van der Waals surface area contributed by atoms with Crippen LogP contribution in [-0.4, -0.2) is 89.5 Å². The molecule has 2 rings (SSSR count). The molecule has 0 saturated heterocycles. The predicted octanol–water partition coefficient (Wildman–Crippen LogP) is -0.472. The van der Waals surface area contributed by atoms with Crippen LogP contribution in [-0.2, 0) is 35.2 Å². The molecule has 17 nitrogen and oxygen atoms in total. The lowest BCUT2D eigenvalue weighted by Crippen LogP contribution is -2.59. The van der Waals surface area contributed by atoms with Crippen LogP contribution in [0.5, 0.6) is 0 Å². The van der Waals surface area contributed by atoms with E-state index in [0.717, 1.165) is 30.0 Å². The summed E-state index contributed by atoms with van der Waals surface area (Å²) in [6.07, 6.45) is 2.74. The molecule has 2 aromatic carbocycles. The number of amides is 6. The highest BCUT2D eigenvalue weighted by molar-refractivity contribution is 6.06. The molecule has 13 N–H and O–H groups in total. The maximum Gasteiger partial charge on any atom is 0.253 e. The van der Waals surface area contributed by atoms with Crippen LogP contribution in [0.1, 0.15) is 57.6 Å². The van der Waals surface area contributed by atoms with E-state index < -0.39 is 65.4 Å². The summed E-state index contributed by atoms with van der Waals surface area (Å²) in [4.78, 5) is 88.8. The minimum atomic E-state index is -1.51. The molecule has 0 aliphatic heterocycles. The number of carbonyl (C=O) groups is 6. The third-order valence-electron chi connectivity index (χ3n) is 8.04. The van der Waals surface area contributed by atoms with Gasteiger partial charge in [-0.1, -0.05) is 56.3 Å². The Kier molecular flexibility index (Phi) is 18.5. The highest BCUT2D eigenvalue weighted by Crippen LogP contribution is 2.15. The molecule has 0 aromatic heterocycles. The number of benzene rings is 2. The zero-order valence-corrected chi connectivity index (χ0v) is 31.2. The van der Waals surface area contributed by atoms with E-state index in [4.69, 9.17) is 28.7 Å². The predicted molar refractivity (Wildman–Crippen MR) is 207 cm³/mol. The quantitative estimate of drug-likeness (QED) is 0.0350. The molecule has 0 aliphatic rings. The fourth-order valence-electron chi connectivity index (χ4n) is 5.38. The molecule has 3 unspecified atom stereocenters. The van der Waals surface area contributed by atoms with E-state index >= 15 is 0 Å². The third kappa shape index (κ3) is 16.5. The van der Waals surface area contributed by atoms with Gasteiger partial charge in [0.25, 0.3) is 5.91 Å². The van der Waals surface area contributed by atoms with E-state index in [1.807, 2.05) is 13.8 Å². The van der Waals surface area contributed by atoms with Gasteiger partial charge in [0.05, 0.1) is 0 Å². The minimum Gasteiger partial charge on any atom is -0.370 e. The second-order valence-electron chi connectivity index (χ2n) is 13.1. The molecule has 2 aromatic rings. The zero-order valence-electron chi connectivity index (χ0n) is 31.2. The number of hydrogen-bond acceptors (Lipinski definition) is 8. The van der Waals surface area contributed by atoms with Gasteiger partial charge in [-0.3, -0.25) is 43.7 Å². The highest BCUT2D eigenvalue weighted by Gasteiger charge is 2.35. The minimum absolute atomic E-state index is 0.110. The molecular weight excluding hydrogens is 713 g/mol. The molecule has 0 heterocycles. The Balaban J connectivity index is 2.45. The van der Waals surface area contributed by atoms with Crippen LogP contribution in [0.2, 0.25) is 0 Å². The van der Waals surface area contributed by atoms with Crippen LogP contribution in [0, 0.1) is 11.7 Å². The van der Waals surface area contributed by atoms with Gasteiger partial charge in [0.1, 0.15) is 30.0 Å². The average molecular weight is 766 g/mol. The summed E-state index contributed by atoms with van der Waals surface area (Å²) >= 11 is 0. The highest BCUT2D eigenvalue weighted by atomic mass is 19.1. The van der Waals surface area contributed by atoms with Gasteiger partial charge in [-0.25, -0.2) is 4.39 Å². The van der Waals surface area contributed by atoms with Crippen molar-refractivity contribution < 1.29 is 33.2 Å². The molecule has 0 spiro atoms. The molecule has 0 aliphatic carbocycles. The number of aliphatic imine (C=N–C) groups is 2.